The Hall–Kier alpha value is -5.42. The number of imide groups is 1. The molecule has 1 aromatic heterocycles. The van der Waals surface area contributed by atoms with Gasteiger partial charge in [-0.25, -0.2) is 24.5 Å². The van der Waals surface area contributed by atoms with Crippen molar-refractivity contribution in [2.24, 2.45) is 0 Å². The number of carbonyl (C=O) groups excluding carboxylic acids is 4. The van der Waals surface area contributed by atoms with Crippen LogP contribution in [0.5, 0.6) is 0 Å². The Morgan fingerprint density at radius 2 is 1.71 bits per heavy atom. The van der Waals surface area contributed by atoms with Crippen molar-refractivity contribution >= 4 is 96.5 Å². The smallest absolute Gasteiger partial charge is 0.534 e. The summed E-state index contributed by atoms with van der Waals surface area (Å²) >= 11 is 7.39. The molecule has 4 N–H and O–H groups in total. The Balaban J connectivity index is 0.00000135. The number of nitrogens with zero attached hydrogens (tertiary/aromatic N) is 4. The molecule has 0 spiro atoms. The zero-order valence-electron chi connectivity index (χ0n) is 37.8. The second-order valence-corrected chi connectivity index (χ2v) is 21.1. The van der Waals surface area contributed by atoms with Crippen LogP contribution in [-0.4, -0.2) is 107 Å². The number of aryl methyl sites for hydroxylation is 1. The standard InChI is InChI=1S/C47H46ClN6O8S2.C2H3O2.U/c1-47(2)26-32(49-31-10-4-8-30(24-31)42-36(48)25-39(63-42)45(58)59)18-20-53(47)64(61,62)27-28-7-3-11-33(23-28)52-22-21-51(46(52)60)19-6-9-29-14-15-37-41-34(29)12-5-13-35(41)44(57)54(37)38-16-17-40(55)50-43(38)56;1-2(3)4;/h3-5,7-8,10-15,23-24,32,38,49H,6,9,16-22,26-27H2,1-2H3,(H,58,59)(H,50,55,56);1H2,(H,3,4);/q2*-1;+2/t32-,38?;;/m0../s1. The molecule has 20 heteroatoms. The number of benzene rings is 4. The molecule has 4 aromatic carbocycles. The number of hydrogen-bond donors (Lipinski definition) is 4. The molecule has 5 aromatic rings. The molecule has 0 saturated carbocycles. The third kappa shape index (κ3) is 11.0. The first-order chi connectivity index (χ1) is 32.3. The Morgan fingerprint density at radius 3 is 2.42 bits per heavy atom. The van der Waals surface area contributed by atoms with Crippen LogP contribution in [0.25, 0.3) is 21.2 Å². The number of carboxylic acids is 2. The van der Waals surface area contributed by atoms with Crippen LogP contribution in [0, 0.1) is 44.1 Å². The van der Waals surface area contributed by atoms with Gasteiger partial charge in [0.25, 0.3) is 5.91 Å². The van der Waals surface area contributed by atoms with Crippen LogP contribution in [-0.2, 0) is 36.6 Å². The van der Waals surface area contributed by atoms with Gasteiger partial charge in [0.05, 0.1) is 11.4 Å². The van der Waals surface area contributed by atoms with Gasteiger partial charge in [-0.05, 0) is 109 Å². The summed E-state index contributed by atoms with van der Waals surface area (Å²) in [5.74, 6) is -3.44. The Kier molecular flexibility index (Phi) is 15.6. The molecule has 2 atom stereocenters. The van der Waals surface area contributed by atoms with Crippen LogP contribution in [0.4, 0.5) is 21.9 Å². The van der Waals surface area contributed by atoms with E-state index in [4.69, 9.17) is 21.5 Å². The molecule has 3 saturated heterocycles. The first kappa shape index (κ1) is 51.4. The van der Waals surface area contributed by atoms with E-state index >= 15 is 0 Å². The third-order valence-electron chi connectivity index (χ3n) is 12.6. The maximum atomic E-state index is 14.1. The molecule has 16 nitrogen and oxygen atoms in total. The van der Waals surface area contributed by atoms with E-state index in [0.29, 0.717) is 79.2 Å². The number of halogens is 1. The van der Waals surface area contributed by atoms with Gasteiger partial charge in [-0.3, -0.25) is 41.2 Å². The molecule has 0 radical (unpaired) electrons. The number of hydrogen-bond acceptors (Lipinski definition) is 10. The van der Waals surface area contributed by atoms with E-state index in [1.807, 2.05) is 68.4 Å². The van der Waals surface area contributed by atoms with Crippen molar-refractivity contribution in [2.45, 2.75) is 75.7 Å². The van der Waals surface area contributed by atoms with Crippen molar-refractivity contribution in [3.8, 4) is 10.4 Å². The summed E-state index contributed by atoms with van der Waals surface area (Å²) in [6.07, 6.45) is 2.89. The Labute approximate surface area is 432 Å². The number of piperidine rings is 2. The second-order valence-electron chi connectivity index (χ2n) is 17.8. The molecule has 4 aliphatic rings. The molecule has 5 heterocycles. The molecular formula is C49H49ClN6O10S2U. The molecule has 5 amide bonds. The quantitative estimate of drug-likeness (QED) is 0.0671. The van der Waals surface area contributed by atoms with Crippen LogP contribution in [0.2, 0.25) is 5.02 Å². The SMILES string of the molecule is CC1(C)C[C@@H](Nc2cccc(-c3sc(C(=O)O)[c-]c3Cl)c2)CCN1S(=O)(=O)Cc1cccc(N2CCN(CCCc3ccc4c5c(cccc35)C(=O)N4C3CCC(=O)NC3=O)C2=O)c1.[CH2-]C(=O)O.[U+2]. The van der Waals surface area contributed by atoms with E-state index in [-0.39, 0.29) is 83.5 Å². The van der Waals surface area contributed by atoms with Gasteiger partial charge >= 0.3 is 37.1 Å². The van der Waals surface area contributed by atoms with Crippen LogP contribution >= 0.6 is 22.9 Å². The minimum absolute atomic E-state index is 0. The molecule has 358 valence electrons. The van der Waals surface area contributed by atoms with E-state index in [9.17, 15) is 37.5 Å². The first-order valence-corrected chi connectivity index (χ1v) is 24.9. The van der Waals surface area contributed by atoms with Crippen molar-refractivity contribution in [1.82, 2.24) is 14.5 Å². The van der Waals surface area contributed by atoms with Gasteiger partial charge in [-0.2, -0.15) is 4.31 Å². The van der Waals surface area contributed by atoms with Gasteiger partial charge in [0, 0.05) is 66.5 Å². The minimum atomic E-state index is -3.75. The van der Waals surface area contributed by atoms with Crippen LogP contribution < -0.4 is 20.4 Å². The van der Waals surface area contributed by atoms with E-state index < -0.39 is 39.4 Å². The molecule has 69 heavy (non-hydrogen) atoms. The summed E-state index contributed by atoms with van der Waals surface area (Å²) in [4.78, 5) is 77.9. The number of aromatic carboxylic acids is 1. The Bertz CT molecular complexity index is 2980. The number of sulfonamides is 1. The number of thiophene rings is 1. The summed E-state index contributed by atoms with van der Waals surface area (Å²) in [5.41, 5.74) is 4.34. The predicted molar refractivity (Wildman–Crippen MR) is 260 cm³/mol. The fourth-order valence-corrected chi connectivity index (χ4v) is 12.9. The van der Waals surface area contributed by atoms with Crippen LogP contribution in [0.15, 0.2) is 78.9 Å². The van der Waals surface area contributed by atoms with Gasteiger partial charge < -0.3 is 25.2 Å². The van der Waals surface area contributed by atoms with Crippen LogP contribution in [0.1, 0.15) is 77.1 Å². The summed E-state index contributed by atoms with van der Waals surface area (Å²) in [6, 6.07) is 26.0. The first-order valence-electron chi connectivity index (χ1n) is 22.1. The molecule has 0 aliphatic carbocycles. The Morgan fingerprint density at radius 1 is 0.971 bits per heavy atom. The van der Waals surface area contributed by atoms with Crippen LogP contribution in [0.3, 0.4) is 0 Å². The average Bonchev–Trinajstić information content (AvgIpc) is 3.94. The van der Waals surface area contributed by atoms with Gasteiger partial charge in [-0.1, -0.05) is 53.1 Å². The van der Waals surface area contributed by atoms with Gasteiger partial charge in [-0.15, -0.1) is 17.7 Å². The third-order valence-corrected chi connectivity index (χ3v) is 16.2. The van der Waals surface area contributed by atoms with Crippen molar-refractivity contribution < 1.29 is 78.5 Å². The monoisotopic (exact) mass is 1220 g/mol. The fourth-order valence-electron chi connectivity index (χ4n) is 9.73. The van der Waals surface area contributed by atoms with E-state index in [1.165, 1.54) is 4.90 Å². The van der Waals surface area contributed by atoms with Gasteiger partial charge in [0.2, 0.25) is 27.8 Å². The maximum absolute atomic E-state index is 14.1. The van der Waals surface area contributed by atoms with E-state index in [1.54, 1.807) is 38.4 Å². The van der Waals surface area contributed by atoms with Crippen molar-refractivity contribution in [1.29, 1.82) is 0 Å². The number of anilines is 3. The molecule has 3 fully saturated rings. The summed E-state index contributed by atoms with van der Waals surface area (Å²) in [5, 5.41) is 24.6. The predicted octanol–water partition coefficient (Wildman–Crippen LogP) is 7.45. The number of carboxylic acid groups (broad SMARTS) is 2. The second kappa shape index (κ2) is 20.9. The number of aliphatic carboxylic acids is 1. The molecule has 4 aliphatic heterocycles. The number of carbonyl (C=O) groups is 6. The van der Waals surface area contributed by atoms with Gasteiger partial charge in [0.15, 0.2) is 5.97 Å². The number of nitrogens with one attached hydrogen (secondary N) is 2. The fraction of sp³-hybridized carbons (Fsp3) is 0.327. The number of rotatable bonds is 13. The molecule has 1 unspecified atom stereocenters. The van der Waals surface area contributed by atoms with E-state index in [2.05, 4.69) is 23.6 Å². The number of urea groups is 1. The summed E-state index contributed by atoms with van der Waals surface area (Å²) < 4.78 is 29.7. The molecule has 9 rings (SSSR count). The largest absolute Gasteiger partial charge is 2.00 e. The van der Waals surface area contributed by atoms with E-state index in [0.717, 1.165) is 38.9 Å². The van der Waals surface area contributed by atoms with Crippen molar-refractivity contribution in [2.75, 3.05) is 41.3 Å². The summed E-state index contributed by atoms with van der Waals surface area (Å²) in [7, 11) is -3.75. The normalized spacial score (nSPS) is 19.0. The minimum Gasteiger partial charge on any atom is -0.534 e. The molecule has 0 bridgehead atoms. The maximum Gasteiger partial charge on any atom is 2.00 e. The van der Waals surface area contributed by atoms with Gasteiger partial charge in [0.1, 0.15) is 6.04 Å². The van der Waals surface area contributed by atoms with Crippen molar-refractivity contribution in [3.05, 3.63) is 118 Å². The zero-order chi connectivity index (χ0) is 48.7. The van der Waals surface area contributed by atoms with Crippen molar-refractivity contribution in [3.63, 3.8) is 0 Å². The summed E-state index contributed by atoms with van der Waals surface area (Å²) in [6.45, 7) is 8.23. The number of amides is 5. The molecular weight excluding hydrogens is 1170 g/mol. The topological polar surface area (TPSA) is 214 Å². The average molecular weight is 1220 g/mol. The zero-order valence-corrected chi connectivity index (χ0v) is 44.3.